The SMILES string of the molecule is CCSCCCN1CC(C)(C2CC2)NCC1C(C)C. The van der Waals surface area contributed by atoms with Gasteiger partial charge in [-0.15, -0.1) is 0 Å². The molecule has 3 heteroatoms. The number of rotatable bonds is 7. The molecule has 2 fully saturated rings. The molecule has 1 saturated carbocycles. The van der Waals surface area contributed by atoms with Crippen LogP contribution >= 0.6 is 11.8 Å². The number of thioether (sulfide) groups is 1. The first-order chi connectivity index (χ1) is 9.07. The Bertz CT molecular complexity index is 278. The largest absolute Gasteiger partial charge is 0.308 e. The highest BCUT2D eigenvalue weighted by molar-refractivity contribution is 7.99. The van der Waals surface area contributed by atoms with Crippen molar-refractivity contribution >= 4 is 11.8 Å². The van der Waals surface area contributed by atoms with Crippen molar-refractivity contribution < 1.29 is 0 Å². The maximum absolute atomic E-state index is 3.87. The molecular weight excluding hydrogens is 252 g/mol. The average Bonchev–Trinajstić information content (AvgIpc) is 3.19. The van der Waals surface area contributed by atoms with Crippen LogP contribution in [0.25, 0.3) is 0 Å². The van der Waals surface area contributed by atoms with Gasteiger partial charge in [-0.05, 0) is 56.1 Å². The molecule has 2 aliphatic rings. The molecule has 2 atom stereocenters. The van der Waals surface area contributed by atoms with E-state index >= 15 is 0 Å². The number of hydrogen-bond donors (Lipinski definition) is 1. The quantitative estimate of drug-likeness (QED) is 0.723. The van der Waals surface area contributed by atoms with Gasteiger partial charge in [0.1, 0.15) is 0 Å². The van der Waals surface area contributed by atoms with E-state index in [1.165, 1.54) is 50.4 Å². The van der Waals surface area contributed by atoms with Gasteiger partial charge >= 0.3 is 0 Å². The van der Waals surface area contributed by atoms with Gasteiger partial charge < -0.3 is 5.32 Å². The lowest BCUT2D eigenvalue weighted by Gasteiger charge is -2.48. The molecule has 1 heterocycles. The second-order valence-corrected chi connectivity index (χ2v) is 8.30. The minimum atomic E-state index is 0.392. The third-order valence-electron chi connectivity index (χ3n) is 4.90. The van der Waals surface area contributed by atoms with E-state index in [-0.39, 0.29) is 0 Å². The Balaban J connectivity index is 1.88. The summed E-state index contributed by atoms with van der Waals surface area (Å²) in [7, 11) is 0. The van der Waals surface area contributed by atoms with Gasteiger partial charge in [-0.3, -0.25) is 4.90 Å². The van der Waals surface area contributed by atoms with Crippen LogP contribution in [0.4, 0.5) is 0 Å². The second-order valence-electron chi connectivity index (χ2n) is 6.90. The topological polar surface area (TPSA) is 15.3 Å². The van der Waals surface area contributed by atoms with Gasteiger partial charge in [0.25, 0.3) is 0 Å². The van der Waals surface area contributed by atoms with Crippen molar-refractivity contribution in [3.63, 3.8) is 0 Å². The van der Waals surface area contributed by atoms with Crippen LogP contribution in [0.5, 0.6) is 0 Å². The highest BCUT2D eigenvalue weighted by Gasteiger charge is 2.46. The number of nitrogens with zero attached hydrogens (tertiary/aromatic N) is 1. The predicted octanol–water partition coefficient (Wildman–Crippen LogP) is 3.23. The molecular formula is C16H32N2S. The predicted molar refractivity (Wildman–Crippen MR) is 86.9 cm³/mol. The van der Waals surface area contributed by atoms with E-state index < -0.39 is 0 Å². The average molecular weight is 285 g/mol. The van der Waals surface area contributed by atoms with Gasteiger partial charge in [0, 0.05) is 24.7 Å². The zero-order valence-corrected chi connectivity index (χ0v) is 14.1. The highest BCUT2D eigenvalue weighted by Crippen LogP contribution is 2.41. The van der Waals surface area contributed by atoms with E-state index in [1.54, 1.807) is 0 Å². The maximum atomic E-state index is 3.87. The lowest BCUT2D eigenvalue weighted by Crippen LogP contribution is -2.65. The third-order valence-corrected chi connectivity index (χ3v) is 5.89. The van der Waals surface area contributed by atoms with Crippen LogP contribution in [0.2, 0.25) is 0 Å². The molecule has 0 amide bonds. The molecule has 0 aromatic heterocycles. The van der Waals surface area contributed by atoms with Crippen molar-refractivity contribution in [1.29, 1.82) is 0 Å². The first kappa shape index (κ1) is 15.7. The summed E-state index contributed by atoms with van der Waals surface area (Å²) in [6.07, 6.45) is 4.23. The molecule has 0 aromatic carbocycles. The van der Waals surface area contributed by atoms with E-state index in [0.717, 1.165) is 17.9 Å². The zero-order valence-electron chi connectivity index (χ0n) is 13.2. The Kier molecular flexibility index (Phi) is 5.62. The number of piperazine rings is 1. The Hall–Kier alpha value is 0.270. The summed E-state index contributed by atoms with van der Waals surface area (Å²) in [5, 5.41) is 3.87. The Morgan fingerprint density at radius 2 is 2.11 bits per heavy atom. The molecule has 112 valence electrons. The maximum Gasteiger partial charge on any atom is 0.0309 e. The fourth-order valence-corrected chi connectivity index (χ4v) is 4.09. The first-order valence-corrected chi connectivity index (χ1v) is 9.29. The van der Waals surface area contributed by atoms with Gasteiger partial charge in [-0.1, -0.05) is 20.8 Å². The Labute approximate surface area is 124 Å². The molecule has 1 aliphatic heterocycles. The molecule has 0 aromatic rings. The summed E-state index contributed by atoms with van der Waals surface area (Å²) < 4.78 is 0. The summed E-state index contributed by atoms with van der Waals surface area (Å²) in [5.74, 6) is 4.28. The van der Waals surface area contributed by atoms with E-state index in [1.807, 2.05) is 0 Å². The number of hydrogen-bond acceptors (Lipinski definition) is 3. The normalized spacial score (nSPS) is 33.0. The first-order valence-electron chi connectivity index (χ1n) is 8.13. The highest BCUT2D eigenvalue weighted by atomic mass is 32.2. The lowest BCUT2D eigenvalue weighted by molar-refractivity contribution is 0.0528. The fourth-order valence-electron chi connectivity index (χ4n) is 3.47. The fraction of sp³-hybridized carbons (Fsp3) is 1.00. The van der Waals surface area contributed by atoms with E-state index in [2.05, 4.69) is 49.7 Å². The molecule has 1 aliphatic carbocycles. The van der Waals surface area contributed by atoms with Crippen molar-refractivity contribution in [3.05, 3.63) is 0 Å². The van der Waals surface area contributed by atoms with E-state index in [9.17, 15) is 0 Å². The Morgan fingerprint density at radius 3 is 2.68 bits per heavy atom. The van der Waals surface area contributed by atoms with Crippen LogP contribution in [0.3, 0.4) is 0 Å². The molecule has 0 spiro atoms. The third kappa shape index (κ3) is 4.12. The van der Waals surface area contributed by atoms with Crippen LogP contribution in [0.15, 0.2) is 0 Å². The van der Waals surface area contributed by atoms with Crippen molar-refractivity contribution in [2.75, 3.05) is 31.1 Å². The molecule has 2 nitrogen and oxygen atoms in total. The summed E-state index contributed by atoms with van der Waals surface area (Å²) in [4.78, 5) is 2.79. The van der Waals surface area contributed by atoms with Crippen LogP contribution < -0.4 is 5.32 Å². The molecule has 1 saturated heterocycles. The molecule has 0 bridgehead atoms. The summed E-state index contributed by atoms with van der Waals surface area (Å²) >= 11 is 2.08. The van der Waals surface area contributed by atoms with Crippen molar-refractivity contribution in [1.82, 2.24) is 10.2 Å². The van der Waals surface area contributed by atoms with Crippen molar-refractivity contribution in [2.24, 2.45) is 11.8 Å². The van der Waals surface area contributed by atoms with Crippen molar-refractivity contribution in [2.45, 2.75) is 58.5 Å². The zero-order chi connectivity index (χ0) is 13.9. The molecule has 19 heavy (non-hydrogen) atoms. The van der Waals surface area contributed by atoms with Gasteiger partial charge in [-0.2, -0.15) is 11.8 Å². The molecule has 1 N–H and O–H groups in total. The van der Waals surface area contributed by atoms with Gasteiger partial charge in [0.15, 0.2) is 0 Å². The summed E-state index contributed by atoms with van der Waals surface area (Å²) in [6, 6.07) is 0.735. The van der Waals surface area contributed by atoms with Crippen LogP contribution in [-0.2, 0) is 0 Å². The standard InChI is InChI=1S/C16H32N2S/c1-5-19-10-6-9-18-12-16(4,14-7-8-14)17-11-15(18)13(2)3/h13-15,17H,5-12H2,1-4H3. The second kappa shape index (κ2) is 6.82. The lowest BCUT2D eigenvalue weighted by atomic mass is 9.88. The van der Waals surface area contributed by atoms with E-state index in [0.29, 0.717) is 5.54 Å². The van der Waals surface area contributed by atoms with Gasteiger partial charge in [0.05, 0.1) is 0 Å². The minimum absolute atomic E-state index is 0.392. The van der Waals surface area contributed by atoms with Gasteiger partial charge in [-0.25, -0.2) is 0 Å². The minimum Gasteiger partial charge on any atom is -0.308 e. The summed E-state index contributed by atoms with van der Waals surface area (Å²) in [5.41, 5.74) is 0.392. The molecule has 0 radical (unpaired) electrons. The van der Waals surface area contributed by atoms with Crippen LogP contribution in [0.1, 0.15) is 47.0 Å². The number of nitrogens with one attached hydrogen (secondary N) is 1. The smallest absolute Gasteiger partial charge is 0.0309 e. The monoisotopic (exact) mass is 284 g/mol. The molecule has 2 rings (SSSR count). The summed E-state index contributed by atoms with van der Waals surface area (Å²) in [6.45, 7) is 13.2. The van der Waals surface area contributed by atoms with E-state index in [4.69, 9.17) is 0 Å². The van der Waals surface area contributed by atoms with Crippen LogP contribution in [-0.4, -0.2) is 47.6 Å². The van der Waals surface area contributed by atoms with Crippen molar-refractivity contribution in [3.8, 4) is 0 Å². The Morgan fingerprint density at radius 1 is 1.37 bits per heavy atom. The molecule has 2 unspecified atom stereocenters. The van der Waals surface area contributed by atoms with Gasteiger partial charge in [0.2, 0.25) is 0 Å². The van der Waals surface area contributed by atoms with Crippen LogP contribution in [0, 0.1) is 11.8 Å².